The van der Waals surface area contributed by atoms with Crippen molar-refractivity contribution < 1.29 is 5.11 Å². The van der Waals surface area contributed by atoms with Gasteiger partial charge in [0.2, 0.25) is 0 Å². The van der Waals surface area contributed by atoms with Crippen molar-refractivity contribution in [3.63, 3.8) is 0 Å². The van der Waals surface area contributed by atoms with E-state index >= 15 is 0 Å². The lowest BCUT2D eigenvalue weighted by atomic mass is 9.86. The van der Waals surface area contributed by atoms with Crippen molar-refractivity contribution in [2.75, 3.05) is 0 Å². The summed E-state index contributed by atoms with van der Waals surface area (Å²) in [6, 6.07) is 13.5. The molecule has 106 valence electrons. The third-order valence-electron chi connectivity index (χ3n) is 3.35. The third kappa shape index (κ3) is 3.43. The van der Waals surface area contributed by atoms with Crippen LogP contribution in [-0.2, 0) is 5.41 Å². The summed E-state index contributed by atoms with van der Waals surface area (Å²) in [5.41, 5.74) is 2.91. The highest BCUT2D eigenvalue weighted by atomic mass is 79.9. The van der Waals surface area contributed by atoms with E-state index in [1.165, 1.54) is 5.56 Å². The lowest BCUT2D eigenvalue weighted by molar-refractivity contribution is 0.220. The van der Waals surface area contributed by atoms with Gasteiger partial charge in [-0.15, -0.1) is 0 Å². The van der Waals surface area contributed by atoms with Crippen molar-refractivity contribution in [2.24, 2.45) is 0 Å². The zero-order valence-corrected chi connectivity index (χ0v) is 14.2. The quantitative estimate of drug-likeness (QED) is 0.757. The van der Waals surface area contributed by atoms with Crippen LogP contribution in [0.2, 0.25) is 5.02 Å². The van der Waals surface area contributed by atoms with Gasteiger partial charge in [0.05, 0.1) is 0 Å². The smallest absolute Gasteiger partial charge is 0.106 e. The molecule has 1 nitrogen and oxygen atoms in total. The van der Waals surface area contributed by atoms with E-state index in [1.807, 2.05) is 24.3 Å². The molecule has 0 fully saturated rings. The minimum atomic E-state index is -0.714. The first-order chi connectivity index (χ1) is 9.29. The maximum absolute atomic E-state index is 10.5. The average molecular weight is 354 g/mol. The van der Waals surface area contributed by atoms with Gasteiger partial charge in [-0.05, 0) is 34.7 Å². The van der Waals surface area contributed by atoms with E-state index in [4.69, 9.17) is 11.6 Å². The summed E-state index contributed by atoms with van der Waals surface area (Å²) in [6.07, 6.45) is -0.714. The molecule has 2 rings (SSSR count). The monoisotopic (exact) mass is 352 g/mol. The number of hydrogen-bond acceptors (Lipinski definition) is 1. The Hall–Kier alpha value is -0.830. The SMILES string of the molecule is CC(C)(C)c1ccc(C(O)c2cc(Br)ccc2Cl)cc1. The first-order valence-electron chi connectivity index (χ1n) is 6.52. The molecule has 0 heterocycles. The molecule has 0 spiro atoms. The Kier molecular flexibility index (Phi) is 4.58. The van der Waals surface area contributed by atoms with Crippen molar-refractivity contribution >= 4 is 27.5 Å². The topological polar surface area (TPSA) is 20.2 Å². The van der Waals surface area contributed by atoms with Gasteiger partial charge in [0.15, 0.2) is 0 Å². The van der Waals surface area contributed by atoms with E-state index in [0.29, 0.717) is 10.6 Å². The maximum atomic E-state index is 10.5. The van der Waals surface area contributed by atoms with Crippen LogP contribution in [0.3, 0.4) is 0 Å². The van der Waals surface area contributed by atoms with Crippen molar-refractivity contribution in [1.29, 1.82) is 0 Å². The van der Waals surface area contributed by atoms with Crippen LogP contribution < -0.4 is 0 Å². The number of aliphatic hydroxyl groups excluding tert-OH is 1. The number of benzene rings is 2. The van der Waals surface area contributed by atoms with Gasteiger partial charge < -0.3 is 5.11 Å². The van der Waals surface area contributed by atoms with Crippen LogP contribution in [0.4, 0.5) is 0 Å². The number of aliphatic hydroxyl groups is 1. The molecular weight excluding hydrogens is 336 g/mol. The van der Waals surface area contributed by atoms with Gasteiger partial charge in [-0.2, -0.15) is 0 Å². The summed E-state index contributed by atoms with van der Waals surface area (Å²) in [7, 11) is 0. The fraction of sp³-hybridized carbons (Fsp3) is 0.294. The Labute approximate surface area is 133 Å². The highest BCUT2D eigenvalue weighted by Crippen LogP contribution is 2.32. The van der Waals surface area contributed by atoms with Gasteiger partial charge in [-0.25, -0.2) is 0 Å². The molecule has 2 aromatic carbocycles. The van der Waals surface area contributed by atoms with Crippen molar-refractivity contribution in [3.05, 3.63) is 68.7 Å². The van der Waals surface area contributed by atoms with E-state index in [9.17, 15) is 5.11 Å². The van der Waals surface area contributed by atoms with Crippen molar-refractivity contribution in [3.8, 4) is 0 Å². The van der Waals surface area contributed by atoms with Gasteiger partial charge in [-0.1, -0.05) is 72.6 Å². The minimum absolute atomic E-state index is 0.108. The second-order valence-electron chi connectivity index (χ2n) is 5.94. The predicted octanol–water partition coefficient (Wildman–Crippen LogP) is 5.48. The molecule has 0 amide bonds. The molecule has 0 saturated heterocycles. The highest BCUT2D eigenvalue weighted by Gasteiger charge is 2.17. The normalized spacial score (nSPS) is 13.3. The van der Waals surface area contributed by atoms with Crippen LogP contribution in [0.1, 0.15) is 43.6 Å². The zero-order chi connectivity index (χ0) is 14.9. The molecule has 1 atom stereocenters. The Morgan fingerprint density at radius 1 is 1.05 bits per heavy atom. The summed E-state index contributed by atoms with van der Waals surface area (Å²) in [6.45, 7) is 6.51. The maximum Gasteiger partial charge on any atom is 0.106 e. The molecule has 2 aromatic rings. The van der Waals surface area contributed by atoms with Crippen LogP contribution in [0, 0.1) is 0 Å². The Morgan fingerprint density at radius 2 is 1.65 bits per heavy atom. The van der Waals surface area contributed by atoms with Gasteiger partial charge in [0.1, 0.15) is 6.10 Å². The number of rotatable bonds is 2. The Morgan fingerprint density at radius 3 is 2.20 bits per heavy atom. The molecule has 20 heavy (non-hydrogen) atoms. The first-order valence-corrected chi connectivity index (χ1v) is 7.69. The molecule has 1 unspecified atom stereocenters. The fourth-order valence-corrected chi connectivity index (χ4v) is 2.67. The molecule has 3 heteroatoms. The molecule has 0 saturated carbocycles. The van der Waals surface area contributed by atoms with Crippen LogP contribution in [0.5, 0.6) is 0 Å². The number of hydrogen-bond donors (Lipinski definition) is 1. The number of halogens is 2. The van der Waals surface area contributed by atoms with Gasteiger partial charge >= 0.3 is 0 Å². The molecule has 0 aliphatic carbocycles. The summed E-state index contributed by atoms with van der Waals surface area (Å²) < 4.78 is 0.905. The summed E-state index contributed by atoms with van der Waals surface area (Å²) in [4.78, 5) is 0. The predicted molar refractivity (Wildman–Crippen MR) is 88.4 cm³/mol. The molecule has 0 radical (unpaired) electrons. The molecule has 0 aromatic heterocycles. The zero-order valence-electron chi connectivity index (χ0n) is 11.8. The van der Waals surface area contributed by atoms with Crippen LogP contribution in [-0.4, -0.2) is 5.11 Å². The fourth-order valence-electron chi connectivity index (χ4n) is 2.07. The van der Waals surface area contributed by atoms with Gasteiger partial charge in [0, 0.05) is 15.1 Å². The van der Waals surface area contributed by atoms with Gasteiger partial charge in [-0.3, -0.25) is 0 Å². The molecule has 0 bridgehead atoms. The largest absolute Gasteiger partial charge is 0.384 e. The summed E-state index contributed by atoms with van der Waals surface area (Å²) in [5, 5.41) is 11.1. The molecule has 0 aliphatic heterocycles. The lowest BCUT2D eigenvalue weighted by Gasteiger charge is -2.20. The van der Waals surface area contributed by atoms with E-state index < -0.39 is 6.10 Å². The van der Waals surface area contributed by atoms with E-state index in [1.54, 1.807) is 6.07 Å². The average Bonchev–Trinajstić information content (AvgIpc) is 2.40. The second-order valence-corrected chi connectivity index (χ2v) is 7.26. The van der Waals surface area contributed by atoms with Crippen molar-refractivity contribution in [2.45, 2.75) is 32.3 Å². The third-order valence-corrected chi connectivity index (χ3v) is 4.18. The van der Waals surface area contributed by atoms with Crippen molar-refractivity contribution in [1.82, 2.24) is 0 Å². The van der Waals surface area contributed by atoms with E-state index in [2.05, 4.69) is 48.8 Å². The Balaban J connectivity index is 2.34. The van der Waals surface area contributed by atoms with E-state index in [-0.39, 0.29) is 5.41 Å². The molecule has 1 N–H and O–H groups in total. The van der Waals surface area contributed by atoms with E-state index in [0.717, 1.165) is 10.0 Å². The second kappa shape index (κ2) is 5.88. The minimum Gasteiger partial charge on any atom is -0.384 e. The first kappa shape index (κ1) is 15.6. The molecule has 0 aliphatic rings. The van der Waals surface area contributed by atoms with Gasteiger partial charge in [0.25, 0.3) is 0 Å². The van der Waals surface area contributed by atoms with Crippen LogP contribution >= 0.6 is 27.5 Å². The highest BCUT2D eigenvalue weighted by molar-refractivity contribution is 9.10. The van der Waals surface area contributed by atoms with Crippen LogP contribution in [0.15, 0.2) is 46.9 Å². The summed E-state index contributed by atoms with van der Waals surface area (Å²) in [5.74, 6) is 0. The Bertz CT molecular complexity index is 599. The standard InChI is InChI=1S/C17H18BrClO/c1-17(2,3)12-6-4-11(5-7-12)16(20)14-10-13(18)8-9-15(14)19/h4-10,16,20H,1-3H3. The summed E-state index contributed by atoms with van der Waals surface area (Å²) >= 11 is 9.57. The lowest BCUT2D eigenvalue weighted by Crippen LogP contribution is -2.11. The molecular formula is C17H18BrClO. The van der Waals surface area contributed by atoms with Crippen LogP contribution in [0.25, 0.3) is 0 Å².